The van der Waals surface area contributed by atoms with Crippen molar-refractivity contribution in [1.29, 1.82) is 5.41 Å². The van der Waals surface area contributed by atoms with Crippen LogP contribution in [-0.4, -0.2) is 30.9 Å². The summed E-state index contributed by atoms with van der Waals surface area (Å²) in [6, 6.07) is 11.5. The molecule has 8 nitrogen and oxygen atoms in total. The SMILES string of the molecule is CCOC(=O)C(Nc1ccc(C(=N)N)cc1)c1ccc(OCC(N)=O)c(C(C)C)c1.Cl. The van der Waals surface area contributed by atoms with Gasteiger partial charge in [-0.15, -0.1) is 12.4 Å². The first-order valence-corrected chi connectivity index (χ1v) is 9.65. The Bertz CT molecular complexity index is 916. The molecule has 0 aliphatic carbocycles. The van der Waals surface area contributed by atoms with E-state index in [4.69, 9.17) is 26.4 Å². The van der Waals surface area contributed by atoms with Crippen molar-refractivity contribution >= 4 is 35.8 Å². The summed E-state index contributed by atoms with van der Waals surface area (Å²) in [5, 5.41) is 10.7. The predicted molar refractivity (Wildman–Crippen MR) is 123 cm³/mol. The molecule has 2 aromatic rings. The summed E-state index contributed by atoms with van der Waals surface area (Å²) in [7, 11) is 0. The zero-order chi connectivity index (χ0) is 22.3. The quantitative estimate of drug-likeness (QED) is 0.250. The van der Waals surface area contributed by atoms with Crippen molar-refractivity contribution in [2.24, 2.45) is 11.5 Å². The maximum absolute atomic E-state index is 12.7. The number of nitrogen functional groups attached to an aromatic ring is 1. The Kier molecular flexibility index (Phi) is 9.82. The van der Waals surface area contributed by atoms with Crippen molar-refractivity contribution in [1.82, 2.24) is 0 Å². The molecule has 0 aliphatic rings. The van der Waals surface area contributed by atoms with Crippen molar-refractivity contribution < 1.29 is 19.1 Å². The molecule has 1 unspecified atom stereocenters. The molecule has 1 atom stereocenters. The van der Waals surface area contributed by atoms with Gasteiger partial charge in [0.05, 0.1) is 6.61 Å². The van der Waals surface area contributed by atoms with Gasteiger partial charge in [-0.05, 0) is 60.4 Å². The lowest BCUT2D eigenvalue weighted by Gasteiger charge is -2.21. The Hall–Kier alpha value is -3.26. The molecule has 1 amide bonds. The molecule has 0 saturated carbocycles. The van der Waals surface area contributed by atoms with E-state index in [0.717, 1.165) is 5.56 Å². The molecule has 0 radical (unpaired) electrons. The van der Waals surface area contributed by atoms with Gasteiger partial charge in [0, 0.05) is 11.3 Å². The zero-order valence-electron chi connectivity index (χ0n) is 17.8. The number of carbonyl (C=O) groups is 2. The number of hydrogen-bond donors (Lipinski definition) is 4. The first-order valence-electron chi connectivity index (χ1n) is 9.65. The third kappa shape index (κ3) is 7.18. The minimum atomic E-state index is -0.754. The molecule has 0 bridgehead atoms. The Morgan fingerprint density at radius 2 is 1.74 bits per heavy atom. The maximum atomic E-state index is 12.7. The summed E-state index contributed by atoms with van der Waals surface area (Å²) in [4.78, 5) is 23.7. The van der Waals surface area contributed by atoms with E-state index in [1.807, 2.05) is 19.9 Å². The molecule has 2 rings (SSSR count). The molecule has 31 heavy (non-hydrogen) atoms. The average Bonchev–Trinajstić information content (AvgIpc) is 2.70. The van der Waals surface area contributed by atoms with E-state index < -0.39 is 17.9 Å². The number of hydrogen-bond acceptors (Lipinski definition) is 6. The molecule has 0 spiro atoms. The number of rotatable bonds is 10. The van der Waals surface area contributed by atoms with E-state index in [-0.39, 0.29) is 37.4 Å². The van der Waals surface area contributed by atoms with Crippen LogP contribution in [0.4, 0.5) is 5.69 Å². The smallest absolute Gasteiger partial charge is 0.333 e. The minimum Gasteiger partial charge on any atom is -0.483 e. The van der Waals surface area contributed by atoms with Gasteiger partial charge in [-0.25, -0.2) is 4.79 Å². The summed E-state index contributed by atoms with van der Waals surface area (Å²) in [5.74, 6) is -0.384. The first kappa shape index (κ1) is 25.8. The van der Waals surface area contributed by atoms with Gasteiger partial charge in [-0.3, -0.25) is 10.2 Å². The van der Waals surface area contributed by atoms with E-state index in [9.17, 15) is 9.59 Å². The largest absolute Gasteiger partial charge is 0.483 e. The molecule has 0 heterocycles. The molecular weight excluding hydrogens is 420 g/mol. The van der Waals surface area contributed by atoms with E-state index in [1.54, 1.807) is 43.3 Å². The second kappa shape index (κ2) is 11.8. The van der Waals surface area contributed by atoms with E-state index in [2.05, 4.69) is 5.32 Å². The highest BCUT2D eigenvalue weighted by Gasteiger charge is 2.24. The van der Waals surface area contributed by atoms with Crippen LogP contribution in [0.5, 0.6) is 5.75 Å². The van der Waals surface area contributed by atoms with Crippen molar-refractivity contribution in [2.45, 2.75) is 32.7 Å². The standard InChI is InChI=1S/C22H28N4O4.ClH/c1-4-29-22(28)20(26-16-8-5-14(6-9-16)21(24)25)15-7-10-18(30-12-19(23)27)17(11-15)13(2)3;/h5-11,13,20,26H,4,12H2,1-3H3,(H2,23,27)(H3,24,25);1H. The summed E-state index contributed by atoms with van der Waals surface area (Å²) < 4.78 is 10.8. The molecule has 9 heteroatoms. The fraction of sp³-hybridized carbons (Fsp3) is 0.318. The Balaban J connectivity index is 0.00000480. The van der Waals surface area contributed by atoms with Crippen LogP contribution >= 0.6 is 12.4 Å². The molecule has 0 fully saturated rings. The highest BCUT2D eigenvalue weighted by molar-refractivity contribution is 5.95. The van der Waals surface area contributed by atoms with Gasteiger partial charge in [0.15, 0.2) is 12.6 Å². The molecule has 0 saturated heterocycles. The predicted octanol–water partition coefficient (Wildman–Crippen LogP) is 3.10. The van der Waals surface area contributed by atoms with Crippen LogP contribution in [0.3, 0.4) is 0 Å². The van der Waals surface area contributed by atoms with Crippen molar-refractivity contribution in [2.75, 3.05) is 18.5 Å². The van der Waals surface area contributed by atoms with Gasteiger partial charge >= 0.3 is 5.97 Å². The zero-order valence-corrected chi connectivity index (χ0v) is 18.6. The summed E-state index contributed by atoms with van der Waals surface area (Å²) >= 11 is 0. The van der Waals surface area contributed by atoms with Crippen LogP contribution in [0.1, 0.15) is 49.4 Å². The number of primary amides is 1. The topological polar surface area (TPSA) is 141 Å². The highest BCUT2D eigenvalue weighted by Crippen LogP contribution is 2.31. The second-order valence-electron chi connectivity index (χ2n) is 7.03. The lowest BCUT2D eigenvalue weighted by molar-refractivity contribution is -0.144. The van der Waals surface area contributed by atoms with Gasteiger partial charge in [0.25, 0.3) is 5.91 Å². The average molecular weight is 449 g/mol. The second-order valence-corrected chi connectivity index (χ2v) is 7.03. The van der Waals surface area contributed by atoms with Crippen molar-refractivity contribution in [3.63, 3.8) is 0 Å². The number of nitrogens with one attached hydrogen (secondary N) is 2. The lowest BCUT2D eigenvalue weighted by atomic mass is 9.96. The number of amidine groups is 1. The van der Waals surface area contributed by atoms with E-state index in [0.29, 0.717) is 22.6 Å². The van der Waals surface area contributed by atoms with E-state index >= 15 is 0 Å². The van der Waals surface area contributed by atoms with Gasteiger partial charge in [-0.2, -0.15) is 0 Å². The number of halogens is 1. The monoisotopic (exact) mass is 448 g/mol. The fourth-order valence-corrected chi connectivity index (χ4v) is 2.89. The van der Waals surface area contributed by atoms with Crippen molar-refractivity contribution in [3.05, 3.63) is 59.2 Å². The van der Waals surface area contributed by atoms with Crippen LogP contribution in [0, 0.1) is 5.41 Å². The number of ether oxygens (including phenoxy) is 2. The highest BCUT2D eigenvalue weighted by atomic mass is 35.5. The van der Waals surface area contributed by atoms with Crippen LogP contribution in [0.15, 0.2) is 42.5 Å². The van der Waals surface area contributed by atoms with Crippen LogP contribution < -0.4 is 21.5 Å². The number of esters is 1. The van der Waals surface area contributed by atoms with Crippen molar-refractivity contribution in [3.8, 4) is 5.75 Å². The van der Waals surface area contributed by atoms with Crippen LogP contribution in [0.25, 0.3) is 0 Å². The third-order valence-corrected chi connectivity index (χ3v) is 4.39. The van der Waals surface area contributed by atoms with Gasteiger partial charge in [-0.1, -0.05) is 19.9 Å². The van der Waals surface area contributed by atoms with Crippen LogP contribution in [-0.2, 0) is 14.3 Å². The summed E-state index contributed by atoms with van der Waals surface area (Å²) in [5.41, 5.74) is 13.5. The number of amides is 1. The molecule has 0 aromatic heterocycles. The molecule has 2 aromatic carbocycles. The molecule has 168 valence electrons. The number of anilines is 1. The normalized spacial score (nSPS) is 11.2. The summed E-state index contributed by atoms with van der Waals surface area (Å²) in [6.45, 7) is 5.75. The van der Waals surface area contributed by atoms with Gasteiger partial charge in [0.2, 0.25) is 0 Å². The van der Waals surface area contributed by atoms with E-state index in [1.165, 1.54) is 0 Å². The Morgan fingerprint density at radius 3 is 2.26 bits per heavy atom. The van der Waals surface area contributed by atoms with Gasteiger partial charge in [0.1, 0.15) is 11.6 Å². The minimum absolute atomic E-state index is 0. The lowest BCUT2D eigenvalue weighted by Crippen LogP contribution is -2.24. The third-order valence-electron chi connectivity index (χ3n) is 4.39. The summed E-state index contributed by atoms with van der Waals surface area (Å²) in [6.07, 6.45) is 0. The fourth-order valence-electron chi connectivity index (χ4n) is 2.89. The Labute approximate surface area is 188 Å². The first-order chi connectivity index (χ1) is 14.2. The number of benzene rings is 2. The Morgan fingerprint density at radius 1 is 1.10 bits per heavy atom. The molecule has 6 N–H and O–H groups in total. The number of carbonyl (C=O) groups excluding carboxylic acids is 2. The molecule has 0 aliphatic heterocycles. The van der Waals surface area contributed by atoms with Gasteiger partial charge < -0.3 is 26.3 Å². The van der Waals surface area contributed by atoms with Crippen LogP contribution in [0.2, 0.25) is 0 Å². The maximum Gasteiger partial charge on any atom is 0.333 e. The molecular formula is C22H29ClN4O4. The number of nitrogens with two attached hydrogens (primary N) is 2.